The predicted molar refractivity (Wildman–Crippen MR) is 75.5 cm³/mol. The molecule has 0 spiro atoms. The van der Waals surface area contributed by atoms with Gasteiger partial charge in [0.1, 0.15) is 11.6 Å². The van der Waals surface area contributed by atoms with Crippen LogP contribution in [0.5, 0.6) is 0 Å². The van der Waals surface area contributed by atoms with Gasteiger partial charge in [-0.2, -0.15) is 0 Å². The Bertz CT molecular complexity index is 586. The molecule has 2 rings (SSSR count). The first-order chi connectivity index (χ1) is 9.08. The molecule has 0 bridgehead atoms. The number of carbonyl (C=O) groups is 1. The number of aromatic nitrogens is 1. The van der Waals surface area contributed by atoms with Gasteiger partial charge in [0.05, 0.1) is 6.42 Å². The summed E-state index contributed by atoms with van der Waals surface area (Å²) in [6.07, 6.45) is 1.63. The van der Waals surface area contributed by atoms with E-state index in [2.05, 4.69) is 20.9 Å². The highest BCUT2D eigenvalue weighted by molar-refractivity contribution is 9.10. The fourth-order valence-electron chi connectivity index (χ4n) is 1.62. The number of nitrogens with zero attached hydrogens (tertiary/aromatic N) is 2. The van der Waals surface area contributed by atoms with Crippen molar-refractivity contribution in [2.24, 2.45) is 0 Å². The van der Waals surface area contributed by atoms with Crippen molar-refractivity contribution in [1.29, 1.82) is 0 Å². The molecule has 0 unspecified atom stereocenters. The number of benzene rings is 1. The molecule has 98 valence electrons. The first-order valence-corrected chi connectivity index (χ1v) is 6.49. The van der Waals surface area contributed by atoms with Gasteiger partial charge in [-0.05, 0) is 39.7 Å². The third kappa shape index (κ3) is 3.38. The number of likely N-dealkylation sites (N-methyl/N-ethyl adjacent to an activating group) is 1. The quantitative estimate of drug-likeness (QED) is 0.869. The molecule has 0 aliphatic rings. The summed E-state index contributed by atoms with van der Waals surface area (Å²) in [6, 6.07) is 9.79. The van der Waals surface area contributed by atoms with Crippen LogP contribution in [0.25, 0.3) is 0 Å². The van der Waals surface area contributed by atoms with E-state index < -0.39 is 0 Å². The molecule has 0 aliphatic carbocycles. The molecule has 1 aromatic carbocycles. The normalized spacial score (nSPS) is 10.3. The van der Waals surface area contributed by atoms with E-state index in [1.165, 1.54) is 11.0 Å². The van der Waals surface area contributed by atoms with Crippen LogP contribution in [0.4, 0.5) is 10.2 Å². The van der Waals surface area contributed by atoms with E-state index in [-0.39, 0.29) is 18.1 Å². The Labute approximate surface area is 119 Å². The fourth-order valence-corrected chi connectivity index (χ4v) is 1.85. The summed E-state index contributed by atoms with van der Waals surface area (Å²) in [4.78, 5) is 17.6. The van der Waals surface area contributed by atoms with Gasteiger partial charge in [-0.1, -0.05) is 18.2 Å². The third-order valence-corrected chi connectivity index (χ3v) is 3.20. The minimum Gasteiger partial charge on any atom is -0.300 e. The standard InChI is InChI=1S/C14H12BrFN2O/c1-18(13-7-6-11(15)9-17-13)14(19)8-10-4-2-3-5-12(10)16/h2-7,9H,8H2,1H3. The number of hydrogen-bond donors (Lipinski definition) is 0. The lowest BCUT2D eigenvalue weighted by Crippen LogP contribution is -2.28. The molecule has 5 heteroatoms. The highest BCUT2D eigenvalue weighted by Gasteiger charge is 2.14. The van der Waals surface area contributed by atoms with Crippen LogP contribution in [-0.2, 0) is 11.2 Å². The van der Waals surface area contributed by atoms with Crippen LogP contribution in [0.1, 0.15) is 5.56 Å². The number of anilines is 1. The van der Waals surface area contributed by atoms with Crippen LogP contribution in [-0.4, -0.2) is 17.9 Å². The van der Waals surface area contributed by atoms with Gasteiger partial charge in [0.25, 0.3) is 0 Å². The van der Waals surface area contributed by atoms with Crippen LogP contribution in [0.15, 0.2) is 47.1 Å². The van der Waals surface area contributed by atoms with Crippen molar-refractivity contribution in [3.8, 4) is 0 Å². The lowest BCUT2D eigenvalue weighted by Gasteiger charge is -2.16. The van der Waals surface area contributed by atoms with E-state index in [4.69, 9.17) is 0 Å². The Morgan fingerprint density at radius 3 is 2.68 bits per heavy atom. The maximum Gasteiger partial charge on any atom is 0.232 e. The zero-order valence-electron chi connectivity index (χ0n) is 10.3. The van der Waals surface area contributed by atoms with Crippen LogP contribution < -0.4 is 4.90 Å². The van der Waals surface area contributed by atoms with Crippen LogP contribution in [0.2, 0.25) is 0 Å². The van der Waals surface area contributed by atoms with E-state index >= 15 is 0 Å². The molecule has 0 fully saturated rings. The van der Waals surface area contributed by atoms with Crippen molar-refractivity contribution in [3.05, 3.63) is 58.4 Å². The molecule has 0 radical (unpaired) electrons. The summed E-state index contributed by atoms with van der Waals surface area (Å²) in [7, 11) is 1.62. The lowest BCUT2D eigenvalue weighted by molar-refractivity contribution is -0.117. The Kier molecular flexibility index (Phi) is 4.27. The second kappa shape index (κ2) is 5.93. The van der Waals surface area contributed by atoms with Gasteiger partial charge in [0.15, 0.2) is 0 Å². The molecule has 3 nitrogen and oxygen atoms in total. The zero-order chi connectivity index (χ0) is 13.8. The van der Waals surface area contributed by atoms with E-state index in [1.807, 2.05) is 0 Å². The Morgan fingerprint density at radius 2 is 2.05 bits per heavy atom. The van der Waals surface area contributed by atoms with E-state index in [0.717, 1.165) is 4.47 Å². The van der Waals surface area contributed by atoms with Gasteiger partial charge in [0, 0.05) is 17.7 Å². The average molecular weight is 323 g/mol. The molecule has 0 atom stereocenters. The molecule has 0 N–H and O–H groups in total. The van der Waals surface area contributed by atoms with Crippen LogP contribution >= 0.6 is 15.9 Å². The number of rotatable bonds is 3. The minimum atomic E-state index is -0.368. The van der Waals surface area contributed by atoms with Crippen molar-refractivity contribution >= 4 is 27.7 Å². The second-order valence-electron chi connectivity index (χ2n) is 4.06. The van der Waals surface area contributed by atoms with Gasteiger partial charge >= 0.3 is 0 Å². The third-order valence-electron chi connectivity index (χ3n) is 2.73. The Hall–Kier alpha value is -1.75. The summed E-state index contributed by atoms with van der Waals surface area (Å²) >= 11 is 3.28. The molecule has 0 saturated heterocycles. The Morgan fingerprint density at radius 1 is 1.32 bits per heavy atom. The van der Waals surface area contributed by atoms with Gasteiger partial charge in [-0.3, -0.25) is 9.69 Å². The summed E-state index contributed by atoms with van der Waals surface area (Å²) in [5.74, 6) is -0.0440. The largest absolute Gasteiger partial charge is 0.300 e. The van der Waals surface area contributed by atoms with Crippen molar-refractivity contribution in [2.75, 3.05) is 11.9 Å². The maximum absolute atomic E-state index is 13.5. The molecule has 1 heterocycles. The zero-order valence-corrected chi connectivity index (χ0v) is 11.9. The minimum absolute atomic E-state index is 0.0148. The van der Waals surface area contributed by atoms with Gasteiger partial charge < -0.3 is 0 Å². The average Bonchev–Trinajstić information content (AvgIpc) is 2.41. The summed E-state index contributed by atoms with van der Waals surface area (Å²) in [6.45, 7) is 0. The highest BCUT2D eigenvalue weighted by atomic mass is 79.9. The highest BCUT2D eigenvalue weighted by Crippen LogP contribution is 2.15. The topological polar surface area (TPSA) is 33.2 Å². The van der Waals surface area contributed by atoms with Gasteiger partial charge in [0.2, 0.25) is 5.91 Å². The number of carbonyl (C=O) groups excluding carboxylic acids is 1. The first-order valence-electron chi connectivity index (χ1n) is 5.69. The summed E-state index contributed by atoms with van der Waals surface area (Å²) < 4.78 is 14.3. The second-order valence-corrected chi connectivity index (χ2v) is 4.97. The molecule has 0 saturated carbocycles. The molecule has 0 aliphatic heterocycles. The summed E-state index contributed by atoms with van der Waals surface area (Å²) in [5, 5.41) is 0. The van der Waals surface area contributed by atoms with Crippen molar-refractivity contribution in [3.63, 3.8) is 0 Å². The number of hydrogen-bond acceptors (Lipinski definition) is 2. The fraction of sp³-hybridized carbons (Fsp3) is 0.143. The monoisotopic (exact) mass is 322 g/mol. The molecular formula is C14H12BrFN2O. The number of amides is 1. The van der Waals surface area contributed by atoms with Crippen LogP contribution in [0.3, 0.4) is 0 Å². The lowest BCUT2D eigenvalue weighted by atomic mass is 10.1. The maximum atomic E-state index is 13.5. The van der Waals surface area contributed by atoms with Crippen LogP contribution in [0, 0.1) is 5.82 Å². The molecule has 19 heavy (non-hydrogen) atoms. The summed E-state index contributed by atoms with van der Waals surface area (Å²) in [5.41, 5.74) is 0.386. The smallest absolute Gasteiger partial charge is 0.232 e. The van der Waals surface area contributed by atoms with Gasteiger partial charge in [-0.15, -0.1) is 0 Å². The number of pyridine rings is 1. The molecular weight excluding hydrogens is 311 g/mol. The molecule has 1 amide bonds. The predicted octanol–water partition coefficient (Wildman–Crippen LogP) is 3.19. The molecule has 2 aromatic rings. The molecule has 1 aromatic heterocycles. The number of halogens is 2. The van der Waals surface area contributed by atoms with Crippen molar-refractivity contribution < 1.29 is 9.18 Å². The van der Waals surface area contributed by atoms with Crippen molar-refractivity contribution in [1.82, 2.24) is 4.98 Å². The van der Waals surface area contributed by atoms with E-state index in [1.54, 1.807) is 43.6 Å². The van der Waals surface area contributed by atoms with Gasteiger partial charge in [-0.25, -0.2) is 9.37 Å². The van der Waals surface area contributed by atoms with Crippen molar-refractivity contribution in [2.45, 2.75) is 6.42 Å². The Balaban J connectivity index is 2.12. The van der Waals surface area contributed by atoms with E-state index in [9.17, 15) is 9.18 Å². The first kappa shape index (κ1) is 13.7. The SMILES string of the molecule is CN(C(=O)Cc1ccccc1F)c1ccc(Br)cn1. The van der Waals surface area contributed by atoms with E-state index in [0.29, 0.717) is 11.4 Å².